The molecule has 0 atom stereocenters. The lowest BCUT2D eigenvalue weighted by molar-refractivity contribution is -0.137. The Kier molecular flexibility index (Phi) is 2.98. The van der Waals surface area contributed by atoms with Crippen molar-refractivity contribution < 1.29 is 22.7 Å². The van der Waals surface area contributed by atoms with Crippen molar-refractivity contribution in [1.29, 1.82) is 0 Å². The minimum atomic E-state index is -4.40. The fraction of sp³-hybridized carbons (Fsp3) is 0.0769. The normalized spacial score (nSPS) is 11.6. The minimum Gasteiger partial charge on any atom is -0.508 e. The van der Waals surface area contributed by atoms with Crippen LogP contribution in [0, 0.1) is 5.82 Å². The van der Waals surface area contributed by atoms with Gasteiger partial charge < -0.3 is 5.11 Å². The number of halogens is 4. The first-order valence-corrected chi connectivity index (χ1v) is 5.03. The van der Waals surface area contributed by atoms with Crippen LogP contribution in [0.2, 0.25) is 0 Å². The van der Waals surface area contributed by atoms with Crippen molar-refractivity contribution in [2.24, 2.45) is 0 Å². The number of hydrogen-bond acceptors (Lipinski definition) is 1. The quantitative estimate of drug-likeness (QED) is 0.757. The van der Waals surface area contributed by atoms with Crippen LogP contribution in [0.3, 0.4) is 0 Å². The molecule has 1 nitrogen and oxygen atoms in total. The highest BCUT2D eigenvalue weighted by Gasteiger charge is 2.29. The molecule has 18 heavy (non-hydrogen) atoms. The van der Waals surface area contributed by atoms with Gasteiger partial charge in [0.25, 0.3) is 0 Å². The van der Waals surface area contributed by atoms with Crippen molar-refractivity contribution in [3.63, 3.8) is 0 Å². The van der Waals surface area contributed by atoms with Crippen LogP contribution >= 0.6 is 0 Å². The van der Waals surface area contributed by atoms with Gasteiger partial charge in [0.1, 0.15) is 11.6 Å². The number of aromatic hydroxyl groups is 1. The predicted octanol–water partition coefficient (Wildman–Crippen LogP) is 4.22. The van der Waals surface area contributed by atoms with Crippen molar-refractivity contribution in [3.8, 4) is 16.9 Å². The van der Waals surface area contributed by atoms with Gasteiger partial charge in [0.15, 0.2) is 0 Å². The molecule has 0 amide bonds. The van der Waals surface area contributed by atoms with E-state index in [1.165, 1.54) is 18.2 Å². The van der Waals surface area contributed by atoms with Gasteiger partial charge in [-0.05, 0) is 35.4 Å². The predicted molar refractivity (Wildman–Crippen MR) is 58.5 cm³/mol. The molecule has 0 aromatic heterocycles. The molecule has 0 spiro atoms. The summed E-state index contributed by atoms with van der Waals surface area (Å²) >= 11 is 0. The zero-order valence-corrected chi connectivity index (χ0v) is 9.00. The van der Waals surface area contributed by atoms with Crippen LogP contribution in [0.15, 0.2) is 42.5 Å². The Morgan fingerprint density at radius 1 is 0.833 bits per heavy atom. The fourth-order valence-corrected chi connectivity index (χ4v) is 1.59. The molecule has 0 aliphatic rings. The van der Waals surface area contributed by atoms with Gasteiger partial charge in [-0.1, -0.05) is 12.1 Å². The summed E-state index contributed by atoms with van der Waals surface area (Å²) in [6, 6.07) is 7.64. The molecule has 0 saturated heterocycles. The molecule has 0 fully saturated rings. The molecule has 2 aromatic carbocycles. The Bertz CT molecular complexity index is 538. The number of rotatable bonds is 1. The SMILES string of the molecule is Oc1cc(F)cc(-c2ccc(C(F)(F)F)cc2)c1. The van der Waals surface area contributed by atoms with Crippen molar-refractivity contribution in [1.82, 2.24) is 0 Å². The first-order chi connectivity index (χ1) is 8.36. The van der Waals surface area contributed by atoms with Crippen LogP contribution in [0.5, 0.6) is 5.75 Å². The van der Waals surface area contributed by atoms with Crippen molar-refractivity contribution >= 4 is 0 Å². The monoisotopic (exact) mass is 256 g/mol. The molecule has 0 aliphatic heterocycles. The van der Waals surface area contributed by atoms with Gasteiger partial charge in [-0.15, -0.1) is 0 Å². The zero-order chi connectivity index (χ0) is 13.3. The lowest BCUT2D eigenvalue weighted by Crippen LogP contribution is -2.03. The molecular formula is C13H8F4O. The van der Waals surface area contributed by atoms with Crippen LogP contribution in [-0.2, 0) is 6.18 Å². The minimum absolute atomic E-state index is 0.273. The number of phenolic OH excluding ortho intramolecular Hbond substituents is 1. The van der Waals surface area contributed by atoms with Crippen LogP contribution in [-0.4, -0.2) is 5.11 Å². The Labute approximate surface area is 100 Å². The summed E-state index contributed by atoms with van der Waals surface area (Å²) in [6.45, 7) is 0. The van der Waals surface area contributed by atoms with Gasteiger partial charge in [0.05, 0.1) is 5.56 Å². The highest BCUT2D eigenvalue weighted by Crippen LogP contribution is 2.31. The lowest BCUT2D eigenvalue weighted by Gasteiger charge is -2.08. The number of alkyl halides is 3. The maximum atomic E-state index is 13.0. The van der Waals surface area contributed by atoms with E-state index in [-0.39, 0.29) is 5.75 Å². The second-order valence-electron chi connectivity index (χ2n) is 3.77. The van der Waals surface area contributed by atoms with E-state index in [4.69, 9.17) is 0 Å². The van der Waals surface area contributed by atoms with E-state index in [1.54, 1.807) is 0 Å². The van der Waals surface area contributed by atoms with Gasteiger partial charge in [0, 0.05) is 6.07 Å². The third kappa shape index (κ3) is 2.61. The smallest absolute Gasteiger partial charge is 0.416 e. The molecule has 0 heterocycles. The van der Waals surface area contributed by atoms with Gasteiger partial charge in [0.2, 0.25) is 0 Å². The Hall–Kier alpha value is -2.04. The molecule has 0 aliphatic carbocycles. The second kappa shape index (κ2) is 4.33. The lowest BCUT2D eigenvalue weighted by atomic mass is 10.0. The third-order valence-electron chi connectivity index (χ3n) is 2.43. The van der Waals surface area contributed by atoms with Crippen LogP contribution in [0.4, 0.5) is 17.6 Å². The first-order valence-electron chi connectivity index (χ1n) is 5.03. The molecule has 94 valence electrons. The fourth-order valence-electron chi connectivity index (χ4n) is 1.59. The molecule has 0 saturated carbocycles. The Balaban J connectivity index is 2.40. The molecule has 1 N–H and O–H groups in total. The highest BCUT2D eigenvalue weighted by atomic mass is 19.4. The number of phenols is 1. The molecular weight excluding hydrogens is 248 g/mol. The maximum Gasteiger partial charge on any atom is 0.416 e. The van der Waals surface area contributed by atoms with E-state index in [2.05, 4.69) is 0 Å². The number of benzene rings is 2. The summed E-state index contributed by atoms with van der Waals surface area (Å²) in [7, 11) is 0. The Morgan fingerprint density at radius 3 is 1.94 bits per heavy atom. The maximum absolute atomic E-state index is 13.0. The van der Waals surface area contributed by atoms with Gasteiger partial charge in [-0.3, -0.25) is 0 Å². The molecule has 2 aromatic rings. The van der Waals surface area contributed by atoms with Crippen LogP contribution < -0.4 is 0 Å². The summed E-state index contributed by atoms with van der Waals surface area (Å²) in [6.07, 6.45) is -4.40. The number of hydrogen-bond donors (Lipinski definition) is 1. The standard InChI is InChI=1S/C13H8F4O/c14-11-5-9(6-12(18)7-11)8-1-3-10(4-2-8)13(15,16)17/h1-7,18H. The molecule has 0 unspecified atom stereocenters. The largest absolute Gasteiger partial charge is 0.508 e. The van der Waals surface area contributed by atoms with E-state index in [0.717, 1.165) is 24.3 Å². The van der Waals surface area contributed by atoms with E-state index in [9.17, 15) is 22.7 Å². The average Bonchev–Trinajstić information content (AvgIpc) is 2.27. The van der Waals surface area contributed by atoms with E-state index < -0.39 is 17.6 Å². The second-order valence-corrected chi connectivity index (χ2v) is 3.77. The summed E-state index contributed by atoms with van der Waals surface area (Å²) in [5.41, 5.74) is -0.0501. The van der Waals surface area contributed by atoms with Crippen LogP contribution in [0.25, 0.3) is 11.1 Å². The van der Waals surface area contributed by atoms with Crippen molar-refractivity contribution in [2.75, 3.05) is 0 Å². The Morgan fingerprint density at radius 2 is 1.44 bits per heavy atom. The van der Waals surface area contributed by atoms with Crippen molar-refractivity contribution in [3.05, 3.63) is 53.8 Å². The van der Waals surface area contributed by atoms with E-state index >= 15 is 0 Å². The molecule has 2 rings (SSSR count). The van der Waals surface area contributed by atoms with Gasteiger partial charge in [-0.2, -0.15) is 13.2 Å². The first kappa shape index (κ1) is 12.4. The van der Waals surface area contributed by atoms with Gasteiger partial charge >= 0.3 is 6.18 Å². The summed E-state index contributed by atoms with van der Waals surface area (Å²) in [5, 5.41) is 9.22. The molecule has 0 radical (unpaired) electrons. The summed E-state index contributed by atoms with van der Waals surface area (Å²) in [5.74, 6) is -0.921. The zero-order valence-electron chi connectivity index (χ0n) is 9.00. The van der Waals surface area contributed by atoms with Crippen LogP contribution in [0.1, 0.15) is 5.56 Å². The van der Waals surface area contributed by atoms with E-state index in [0.29, 0.717) is 11.1 Å². The summed E-state index contributed by atoms with van der Waals surface area (Å²) in [4.78, 5) is 0. The molecule has 0 bridgehead atoms. The van der Waals surface area contributed by atoms with Crippen molar-refractivity contribution in [2.45, 2.75) is 6.18 Å². The topological polar surface area (TPSA) is 20.2 Å². The average molecular weight is 256 g/mol. The third-order valence-corrected chi connectivity index (χ3v) is 2.43. The molecule has 5 heteroatoms. The highest BCUT2D eigenvalue weighted by molar-refractivity contribution is 5.65. The van der Waals surface area contributed by atoms with Gasteiger partial charge in [-0.25, -0.2) is 4.39 Å². The van der Waals surface area contributed by atoms with E-state index in [1.807, 2.05) is 0 Å². The summed E-state index contributed by atoms with van der Waals surface area (Å²) < 4.78 is 50.1.